The second-order valence-corrected chi connectivity index (χ2v) is 7.43. The lowest BCUT2D eigenvalue weighted by molar-refractivity contribution is 0.0857. The highest BCUT2D eigenvalue weighted by molar-refractivity contribution is 9.10. The lowest BCUT2D eigenvalue weighted by Gasteiger charge is -2.15. The van der Waals surface area contributed by atoms with E-state index in [-0.39, 0.29) is 23.6 Å². The fraction of sp³-hybridized carbons (Fsp3) is 0.133. The minimum atomic E-state index is -3.76. The highest BCUT2D eigenvalue weighted by Gasteiger charge is 2.40. The second-order valence-electron chi connectivity index (χ2n) is 4.68. The maximum atomic E-state index is 12.3. The number of nitrogens with zero attached hydrogens (tertiary/aromatic N) is 1. The number of hydrogen-bond acceptors (Lipinski definition) is 4. The molecule has 2 aromatic rings. The Kier molecular flexibility index (Phi) is 3.92. The standard InChI is InChI=1S/C15H12BrNO4S/c16-11-4-3-5-12(10-11)21-9-8-17-15(18)13-6-1-2-7-14(13)22(17,19)20/h1-7,10H,8-9H2. The lowest BCUT2D eigenvalue weighted by Crippen LogP contribution is -2.33. The SMILES string of the molecule is O=C1c2ccccc2S(=O)(=O)N1CCOc1cccc(Br)c1. The zero-order valence-electron chi connectivity index (χ0n) is 11.4. The summed E-state index contributed by atoms with van der Waals surface area (Å²) in [6, 6.07) is 13.4. The molecule has 0 atom stereocenters. The number of benzene rings is 2. The van der Waals surface area contributed by atoms with E-state index in [0.29, 0.717) is 5.75 Å². The van der Waals surface area contributed by atoms with Gasteiger partial charge in [-0.05, 0) is 30.3 Å². The first-order valence-electron chi connectivity index (χ1n) is 6.54. The molecule has 0 fully saturated rings. The zero-order valence-corrected chi connectivity index (χ0v) is 13.8. The van der Waals surface area contributed by atoms with Crippen LogP contribution in [0.3, 0.4) is 0 Å². The van der Waals surface area contributed by atoms with Crippen LogP contribution in [0.5, 0.6) is 5.75 Å². The van der Waals surface area contributed by atoms with Crippen molar-refractivity contribution in [3.8, 4) is 5.75 Å². The van der Waals surface area contributed by atoms with Crippen LogP contribution in [0.2, 0.25) is 0 Å². The number of hydrogen-bond donors (Lipinski definition) is 0. The Hall–Kier alpha value is -1.86. The Labute approximate surface area is 136 Å². The summed E-state index contributed by atoms with van der Waals surface area (Å²) in [6.07, 6.45) is 0. The molecular weight excluding hydrogens is 370 g/mol. The highest BCUT2D eigenvalue weighted by Crippen LogP contribution is 2.29. The van der Waals surface area contributed by atoms with Gasteiger partial charge in [0.1, 0.15) is 17.3 Å². The molecule has 22 heavy (non-hydrogen) atoms. The molecule has 2 aromatic carbocycles. The highest BCUT2D eigenvalue weighted by atomic mass is 79.9. The van der Waals surface area contributed by atoms with Crippen molar-refractivity contribution >= 4 is 31.9 Å². The Balaban J connectivity index is 1.73. The molecule has 0 N–H and O–H groups in total. The largest absolute Gasteiger partial charge is 0.492 e. The fourth-order valence-corrected chi connectivity index (χ4v) is 4.19. The number of sulfonamides is 1. The summed E-state index contributed by atoms with van der Waals surface area (Å²) in [5.41, 5.74) is 0.213. The van der Waals surface area contributed by atoms with Crippen LogP contribution in [-0.4, -0.2) is 31.8 Å². The monoisotopic (exact) mass is 381 g/mol. The Morgan fingerprint density at radius 1 is 1.09 bits per heavy atom. The van der Waals surface area contributed by atoms with Crippen LogP contribution in [0, 0.1) is 0 Å². The van der Waals surface area contributed by atoms with Crippen molar-refractivity contribution in [2.75, 3.05) is 13.2 Å². The Morgan fingerprint density at radius 3 is 2.59 bits per heavy atom. The quantitative estimate of drug-likeness (QED) is 0.816. The molecule has 1 amide bonds. The smallest absolute Gasteiger partial charge is 0.269 e. The molecule has 0 saturated carbocycles. The minimum absolute atomic E-state index is 0.0254. The van der Waals surface area contributed by atoms with E-state index in [0.717, 1.165) is 8.78 Å². The van der Waals surface area contributed by atoms with Gasteiger partial charge < -0.3 is 4.74 Å². The zero-order chi connectivity index (χ0) is 15.7. The number of carbonyl (C=O) groups excluding carboxylic acids is 1. The van der Waals surface area contributed by atoms with E-state index in [9.17, 15) is 13.2 Å². The van der Waals surface area contributed by atoms with E-state index >= 15 is 0 Å². The van der Waals surface area contributed by atoms with E-state index < -0.39 is 15.9 Å². The van der Waals surface area contributed by atoms with Gasteiger partial charge in [-0.1, -0.05) is 34.1 Å². The summed E-state index contributed by atoms with van der Waals surface area (Å²) < 4.78 is 31.9. The predicted molar refractivity (Wildman–Crippen MR) is 84.3 cm³/mol. The van der Waals surface area contributed by atoms with Gasteiger partial charge in [0.15, 0.2) is 0 Å². The van der Waals surface area contributed by atoms with Crippen LogP contribution in [0.25, 0.3) is 0 Å². The first-order chi connectivity index (χ1) is 10.5. The molecule has 1 heterocycles. The number of amides is 1. The molecule has 7 heteroatoms. The number of fused-ring (bicyclic) bond motifs is 1. The minimum Gasteiger partial charge on any atom is -0.492 e. The summed E-state index contributed by atoms with van der Waals surface area (Å²) in [6.45, 7) is 0.0672. The summed E-state index contributed by atoms with van der Waals surface area (Å²) in [7, 11) is -3.76. The van der Waals surface area contributed by atoms with Gasteiger partial charge in [0, 0.05) is 4.47 Å². The molecule has 0 aliphatic carbocycles. The van der Waals surface area contributed by atoms with Crippen molar-refractivity contribution in [2.24, 2.45) is 0 Å². The first-order valence-corrected chi connectivity index (χ1v) is 8.78. The van der Waals surface area contributed by atoms with Gasteiger partial charge in [-0.3, -0.25) is 4.79 Å². The number of ether oxygens (including phenoxy) is 1. The van der Waals surface area contributed by atoms with Gasteiger partial charge in [-0.15, -0.1) is 0 Å². The maximum Gasteiger partial charge on any atom is 0.269 e. The molecule has 1 aliphatic rings. The topological polar surface area (TPSA) is 63.7 Å². The van der Waals surface area contributed by atoms with Crippen LogP contribution >= 0.6 is 15.9 Å². The van der Waals surface area contributed by atoms with Crippen LogP contribution in [0.15, 0.2) is 57.9 Å². The molecule has 114 valence electrons. The molecule has 0 radical (unpaired) electrons. The molecule has 0 saturated heterocycles. The number of rotatable bonds is 4. The third-order valence-electron chi connectivity index (χ3n) is 3.27. The number of carbonyl (C=O) groups is 1. The second kappa shape index (κ2) is 5.73. The molecule has 3 rings (SSSR count). The van der Waals surface area contributed by atoms with Gasteiger partial charge in [-0.2, -0.15) is 0 Å². The molecule has 0 bridgehead atoms. The van der Waals surface area contributed by atoms with Crippen molar-refractivity contribution in [2.45, 2.75) is 4.90 Å². The summed E-state index contributed by atoms with van der Waals surface area (Å²) in [4.78, 5) is 12.3. The average Bonchev–Trinajstić information content (AvgIpc) is 2.69. The summed E-state index contributed by atoms with van der Waals surface area (Å²) in [5.74, 6) is 0.101. The van der Waals surface area contributed by atoms with Crippen molar-refractivity contribution in [1.29, 1.82) is 0 Å². The average molecular weight is 382 g/mol. The van der Waals surface area contributed by atoms with Crippen molar-refractivity contribution in [3.05, 3.63) is 58.6 Å². The Morgan fingerprint density at radius 2 is 1.86 bits per heavy atom. The molecule has 0 unspecified atom stereocenters. The van der Waals surface area contributed by atoms with Gasteiger partial charge in [0.25, 0.3) is 15.9 Å². The maximum absolute atomic E-state index is 12.3. The lowest BCUT2D eigenvalue weighted by atomic mass is 10.2. The number of halogens is 1. The van der Waals surface area contributed by atoms with Gasteiger partial charge >= 0.3 is 0 Å². The third kappa shape index (κ3) is 2.62. The van der Waals surface area contributed by atoms with Gasteiger partial charge in [0.2, 0.25) is 0 Å². The van der Waals surface area contributed by atoms with E-state index in [4.69, 9.17) is 4.74 Å². The normalized spacial score (nSPS) is 15.7. The van der Waals surface area contributed by atoms with E-state index in [2.05, 4.69) is 15.9 Å². The van der Waals surface area contributed by atoms with Crippen molar-refractivity contribution in [1.82, 2.24) is 4.31 Å². The van der Waals surface area contributed by atoms with E-state index in [1.54, 1.807) is 24.3 Å². The predicted octanol–water partition coefficient (Wildman–Crippen LogP) is 2.67. The van der Waals surface area contributed by atoms with Gasteiger partial charge in [0.05, 0.1) is 12.1 Å². The third-order valence-corrected chi connectivity index (χ3v) is 5.60. The molecule has 1 aliphatic heterocycles. The van der Waals surface area contributed by atoms with Crippen molar-refractivity contribution in [3.63, 3.8) is 0 Å². The van der Waals surface area contributed by atoms with Crippen LogP contribution in [0.4, 0.5) is 0 Å². The molecule has 0 aromatic heterocycles. The summed E-state index contributed by atoms with van der Waals surface area (Å²) in [5, 5.41) is 0. The fourth-order valence-electron chi connectivity index (χ4n) is 2.26. The summed E-state index contributed by atoms with van der Waals surface area (Å²) >= 11 is 3.33. The van der Waals surface area contributed by atoms with E-state index in [1.807, 2.05) is 12.1 Å². The van der Waals surface area contributed by atoms with E-state index in [1.165, 1.54) is 12.1 Å². The van der Waals surface area contributed by atoms with Crippen molar-refractivity contribution < 1.29 is 17.9 Å². The Bertz CT molecular complexity index is 835. The van der Waals surface area contributed by atoms with Crippen LogP contribution < -0.4 is 4.74 Å². The molecular formula is C15H12BrNO4S. The van der Waals surface area contributed by atoms with Crippen LogP contribution in [0.1, 0.15) is 10.4 Å². The first kappa shape index (κ1) is 15.1. The molecule has 5 nitrogen and oxygen atoms in total. The van der Waals surface area contributed by atoms with Gasteiger partial charge in [-0.25, -0.2) is 12.7 Å². The molecule has 0 spiro atoms. The van der Waals surface area contributed by atoms with Crippen LogP contribution in [-0.2, 0) is 10.0 Å².